The summed E-state index contributed by atoms with van der Waals surface area (Å²) in [5.41, 5.74) is -0.352. The SMILES string of the molecule is O=C(C1CCC(=O)N(C2CCCC2)C1)N1CC2C(C1)C2(CO)CO. The second-order valence-corrected chi connectivity index (χ2v) is 8.23. The first kappa shape index (κ1) is 16.3. The lowest BCUT2D eigenvalue weighted by atomic mass is 9.93. The maximum absolute atomic E-state index is 12.9. The quantitative estimate of drug-likeness (QED) is 0.770. The highest BCUT2D eigenvalue weighted by molar-refractivity contribution is 5.84. The summed E-state index contributed by atoms with van der Waals surface area (Å²) >= 11 is 0. The third-order valence-corrected chi connectivity index (χ3v) is 7.15. The van der Waals surface area contributed by atoms with Gasteiger partial charge in [0, 0.05) is 37.5 Å². The van der Waals surface area contributed by atoms with Gasteiger partial charge in [0.25, 0.3) is 0 Å². The Bertz CT molecular complexity index is 513. The Labute approximate surface area is 142 Å². The van der Waals surface area contributed by atoms with E-state index in [1.165, 1.54) is 12.8 Å². The molecular formula is C18H28N2O4. The van der Waals surface area contributed by atoms with Gasteiger partial charge in [-0.3, -0.25) is 9.59 Å². The van der Waals surface area contributed by atoms with E-state index in [1.54, 1.807) is 0 Å². The van der Waals surface area contributed by atoms with Crippen molar-refractivity contribution in [1.82, 2.24) is 9.80 Å². The minimum Gasteiger partial charge on any atom is -0.396 e. The Morgan fingerprint density at radius 3 is 2.25 bits per heavy atom. The molecule has 4 fully saturated rings. The zero-order valence-corrected chi connectivity index (χ0v) is 14.2. The summed E-state index contributed by atoms with van der Waals surface area (Å²) in [4.78, 5) is 29.0. The lowest BCUT2D eigenvalue weighted by Gasteiger charge is -2.38. The maximum atomic E-state index is 12.9. The van der Waals surface area contributed by atoms with Gasteiger partial charge in [-0.25, -0.2) is 0 Å². The lowest BCUT2D eigenvalue weighted by molar-refractivity contribution is -0.144. The van der Waals surface area contributed by atoms with Gasteiger partial charge in [0.1, 0.15) is 0 Å². The first-order chi connectivity index (χ1) is 11.6. The Morgan fingerprint density at radius 1 is 1.04 bits per heavy atom. The van der Waals surface area contributed by atoms with Crippen LogP contribution in [0.2, 0.25) is 0 Å². The standard InChI is InChI=1S/C18H28N2O4/c21-10-18(11-22)14-8-19(9-15(14)18)17(24)12-5-6-16(23)20(7-12)13-3-1-2-4-13/h12-15,21-22H,1-11H2. The Balaban J connectivity index is 1.37. The molecule has 2 amide bonds. The predicted molar refractivity (Wildman–Crippen MR) is 86.9 cm³/mol. The van der Waals surface area contributed by atoms with E-state index in [1.807, 2.05) is 9.80 Å². The van der Waals surface area contributed by atoms with E-state index in [2.05, 4.69) is 0 Å². The maximum Gasteiger partial charge on any atom is 0.227 e. The van der Waals surface area contributed by atoms with Gasteiger partial charge in [0.2, 0.25) is 11.8 Å². The number of carbonyl (C=O) groups excluding carboxylic acids is 2. The molecule has 3 unspecified atom stereocenters. The van der Waals surface area contributed by atoms with Crippen molar-refractivity contribution in [2.75, 3.05) is 32.8 Å². The molecule has 4 rings (SSSR count). The average molecular weight is 336 g/mol. The molecule has 2 saturated heterocycles. The number of amides is 2. The molecule has 2 aliphatic carbocycles. The molecule has 0 bridgehead atoms. The van der Waals surface area contributed by atoms with E-state index in [9.17, 15) is 19.8 Å². The highest BCUT2D eigenvalue weighted by Gasteiger charge is 2.68. The number of hydrogen-bond acceptors (Lipinski definition) is 4. The van der Waals surface area contributed by atoms with Crippen LogP contribution < -0.4 is 0 Å². The number of aliphatic hydroxyl groups is 2. The normalized spacial score (nSPS) is 35.4. The third-order valence-electron chi connectivity index (χ3n) is 7.15. The van der Waals surface area contributed by atoms with Crippen molar-refractivity contribution in [2.24, 2.45) is 23.2 Å². The van der Waals surface area contributed by atoms with Crippen molar-refractivity contribution in [2.45, 2.75) is 44.6 Å². The second-order valence-electron chi connectivity index (χ2n) is 8.23. The molecule has 0 aromatic rings. The van der Waals surface area contributed by atoms with Gasteiger partial charge in [0.15, 0.2) is 0 Å². The predicted octanol–water partition coefficient (Wildman–Crippen LogP) is 0.227. The topological polar surface area (TPSA) is 81.1 Å². The van der Waals surface area contributed by atoms with Crippen LogP contribution >= 0.6 is 0 Å². The number of carbonyl (C=O) groups is 2. The van der Waals surface area contributed by atoms with Crippen molar-refractivity contribution >= 4 is 11.8 Å². The van der Waals surface area contributed by atoms with E-state index in [4.69, 9.17) is 0 Å². The Morgan fingerprint density at radius 2 is 1.67 bits per heavy atom. The number of likely N-dealkylation sites (tertiary alicyclic amines) is 2. The van der Waals surface area contributed by atoms with Gasteiger partial charge in [-0.05, 0) is 31.1 Å². The van der Waals surface area contributed by atoms with Gasteiger partial charge >= 0.3 is 0 Å². The summed E-state index contributed by atoms with van der Waals surface area (Å²) in [5, 5.41) is 19.0. The van der Waals surface area contributed by atoms with E-state index >= 15 is 0 Å². The molecule has 24 heavy (non-hydrogen) atoms. The number of nitrogens with zero attached hydrogens (tertiary/aromatic N) is 2. The van der Waals surface area contributed by atoms with Crippen LogP contribution in [0.3, 0.4) is 0 Å². The summed E-state index contributed by atoms with van der Waals surface area (Å²) in [6, 6.07) is 0.344. The molecule has 6 heteroatoms. The van der Waals surface area contributed by atoms with E-state index < -0.39 is 0 Å². The van der Waals surface area contributed by atoms with Crippen LogP contribution in [0.5, 0.6) is 0 Å². The summed E-state index contributed by atoms with van der Waals surface area (Å²) in [7, 11) is 0. The number of piperidine rings is 2. The largest absolute Gasteiger partial charge is 0.396 e. The molecule has 3 atom stereocenters. The van der Waals surface area contributed by atoms with E-state index in [-0.39, 0.29) is 48.2 Å². The minimum atomic E-state index is -0.352. The second kappa shape index (κ2) is 5.99. The van der Waals surface area contributed by atoms with Crippen LogP contribution in [0.25, 0.3) is 0 Å². The molecule has 0 aromatic carbocycles. The fraction of sp³-hybridized carbons (Fsp3) is 0.889. The zero-order valence-electron chi connectivity index (χ0n) is 14.2. The Kier molecular flexibility index (Phi) is 4.07. The average Bonchev–Trinajstić information content (AvgIpc) is 3.05. The van der Waals surface area contributed by atoms with Gasteiger partial charge in [-0.1, -0.05) is 12.8 Å². The van der Waals surface area contributed by atoms with Crippen molar-refractivity contribution in [3.63, 3.8) is 0 Å². The third kappa shape index (κ3) is 2.37. The lowest BCUT2D eigenvalue weighted by Crippen LogP contribution is -2.50. The molecule has 2 N–H and O–H groups in total. The number of aliphatic hydroxyl groups excluding tert-OH is 2. The number of hydrogen-bond donors (Lipinski definition) is 2. The van der Waals surface area contributed by atoms with Gasteiger partial charge < -0.3 is 20.0 Å². The van der Waals surface area contributed by atoms with Crippen molar-refractivity contribution < 1.29 is 19.8 Å². The Hall–Kier alpha value is -1.14. The fourth-order valence-corrected chi connectivity index (χ4v) is 5.44. The summed E-state index contributed by atoms with van der Waals surface area (Å²) in [5.74, 6) is 0.802. The number of rotatable bonds is 4. The highest BCUT2D eigenvalue weighted by Crippen LogP contribution is 2.62. The van der Waals surface area contributed by atoms with Crippen LogP contribution in [0.15, 0.2) is 0 Å². The first-order valence-corrected chi connectivity index (χ1v) is 9.40. The molecule has 0 radical (unpaired) electrons. The summed E-state index contributed by atoms with van der Waals surface area (Å²) in [6.45, 7) is 1.90. The monoisotopic (exact) mass is 336 g/mol. The first-order valence-electron chi connectivity index (χ1n) is 9.40. The van der Waals surface area contributed by atoms with Crippen molar-refractivity contribution in [3.8, 4) is 0 Å². The summed E-state index contributed by atoms with van der Waals surface area (Å²) < 4.78 is 0. The minimum absolute atomic E-state index is 0.00819. The van der Waals surface area contributed by atoms with Gasteiger partial charge in [-0.15, -0.1) is 0 Å². The van der Waals surface area contributed by atoms with Crippen molar-refractivity contribution in [3.05, 3.63) is 0 Å². The molecular weight excluding hydrogens is 308 g/mol. The van der Waals surface area contributed by atoms with Crippen LogP contribution in [-0.2, 0) is 9.59 Å². The molecule has 134 valence electrons. The molecule has 0 aromatic heterocycles. The van der Waals surface area contributed by atoms with Crippen molar-refractivity contribution in [1.29, 1.82) is 0 Å². The van der Waals surface area contributed by atoms with E-state index in [0.717, 1.165) is 12.8 Å². The molecule has 0 spiro atoms. The molecule has 4 aliphatic rings. The molecule has 2 saturated carbocycles. The molecule has 2 heterocycles. The van der Waals surface area contributed by atoms with E-state index in [0.29, 0.717) is 38.5 Å². The molecule has 6 nitrogen and oxygen atoms in total. The van der Waals surface area contributed by atoms with Crippen LogP contribution in [0, 0.1) is 23.2 Å². The number of fused-ring (bicyclic) bond motifs is 1. The van der Waals surface area contributed by atoms with Crippen LogP contribution in [0.4, 0.5) is 0 Å². The summed E-state index contributed by atoms with van der Waals surface area (Å²) in [6.07, 6.45) is 5.69. The fourth-order valence-electron chi connectivity index (χ4n) is 5.44. The van der Waals surface area contributed by atoms with Gasteiger partial charge in [0.05, 0.1) is 19.1 Å². The van der Waals surface area contributed by atoms with Crippen LogP contribution in [-0.4, -0.2) is 70.7 Å². The smallest absolute Gasteiger partial charge is 0.227 e. The van der Waals surface area contributed by atoms with Gasteiger partial charge in [-0.2, -0.15) is 0 Å². The molecule has 2 aliphatic heterocycles. The highest BCUT2D eigenvalue weighted by atomic mass is 16.3. The van der Waals surface area contributed by atoms with Crippen LogP contribution in [0.1, 0.15) is 38.5 Å². The zero-order chi connectivity index (χ0) is 16.9.